The molecule has 0 unspecified atom stereocenters. The van der Waals surface area contributed by atoms with Gasteiger partial charge in [0.05, 0.1) is 0 Å². The lowest BCUT2D eigenvalue weighted by Crippen LogP contribution is -2.08. The van der Waals surface area contributed by atoms with Gasteiger partial charge >= 0.3 is 0 Å². The van der Waals surface area contributed by atoms with E-state index in [0.29, 0.717) is 0 Å². The smallest absolute Gasteiger partial charge is 0.00773 e. The van der Waals surface area contributed by atoms with Gasteiger partial charge in [0.2, 0.25) is 0 Å². The number of benzene rings is 2. The molecule has 0 amide bonds. The first-order chi connectivity index (χ1) is 15.4. The van der Waals surface area contributed by atoms with Gasteiger partial charge in [-0.3, -0.25) is 0 Å². The van der Waals surface area contributed by atoms with Gasteiger partial charge in [0.25, 0.3) is 0 Å². The van der Waals surface area contributed by atoms with Crippen LogP contribution in [0.1, 0.15) is 101 Å². The third-order valence-electron chi connectivity index (χ3n) is 6.55. The Bertz CT molecular complexity index is 580. The number of unbranched alkanes of at least 4 members (excludes halogenated alkanes) is 12. The summed E-state index contributed by atoms with van der Waals surface area (Å²) in [5.74, 6) is 0.759. The zero-order valence-corrected chi connectivity index (χ0v) is 19.9. The quantitative estimate of drug-likeness (QED) is 0.226. The molecule has 1 nitrogen and oxygen atoms in total. The molecule has 2 rings (SSSR count). The average molecular weight is 422 g/mol. The molecule has 0 aliphatic carbocycles. The van der Waals surface area contributed by atoms with Crippen LogP contribution in [-0.2, 0) is 12.8 Å². The van der Waals surface area contributed by atoms with Gasteiger partial charge in [0.15, 0.2) is 0 Å². The molecule has 0 saturated carbocycles. The van der Waals surface area contributed by atoms with Crippen molar-refractivity contribution in [2.75, 3.05) is 6.54 Å². The van der Waals surface area contributed by atoms with E-state index in [2.05, 4.69) is 60.7 Å². The van der Waals surface area contributed by atoms with Crippen molar-refractivity contribution in [2.45, 2.75) is 103 Å². The van der Waals surface area contributed by atoms with Gasteiger partial charge in [-0.25, -0.2) is 0 Å². The topological polar surface area (TPSA) is 26.0 Å². The van der Waals surface area contributed by atoms with Crippen LogP contribution in [0.5, 0.6) is 0 Å². The van der Waals surface area contributed by atoms with Crippen LogP contribution in [-0.4, -0.2) is 6.54 Å². The van der Waals surface area contributed by atoms with E-state index in [9.17, 15) is 0 Å². The minimum atomic E-state index is 0.759. The van der Waals surface area contributed by atoms with Gasteiger partial charge in [0, 0.05) is 0 Å². The second kappa shape index (κ2) is 18.0. The first kappa shape index (κ1) is 25.7. The van der Waals surface area contributed by atoms with Crippen molar-refractivity contribution in [1.82, 2.24) is 0 Å². The van der Waals surface area contributed by atoms with E-state index in [0.717, 1.165) is 12.5 Å². The first-order valence-corrected chi connectivity index (χ1v) is 13.2. The molecule has 1 heteroatoms. The minimum Gasteiger partial charge on any atom is -0.330 e. The molecule has 0 aromatic heterocycles. The molecule has 0 bridgehead atoms. The first-order valence-electron chi connectivity index (χ1n) is 13.2. The Balaban J connectivity index is 1.52. The summed E-state index contributed by atoms with van der Waals surface area (Å²) in [4.78, 5) is 0. The second-order valence-corrected chi connectivity index (χ2v) is 9.42. The van der Waals surface area contributed by atoms with Gasteiger partial charge in [-0.15, -0.1) is 0 Å². The third kappa shape index (κ3) is 13.4. The van der Waals surface area contributed by atoms with Crippen molar-refractivity contribution < 1.29 is 0 Å². The molecule has 0 aliphatic rings. The highest BCUT2D eigenvalue weighted by molar-refractivity contribution is 5.18. The van der Waals surface area contributed by atoms with Gasteiger partial charge < -0.3 is 5.73 Å². The van der Waals surface area contributed by atoms with Crippen LogP contribution >= 0.6 is 0 Å². The van der Waals surface area contributed by atoms with Gasteiger partial charge in [-0.05, 0) is 49.3 Å². The fourth-order valence-corrected chi connectivity index (χ4v) is 4.69. The molecule has 0 radical (unpaired) electrons. The fourth-order valence-electron chi connectivity index (χ4n) is 4.69. The maximum Gasteiger partial charge on any atom is -0.00773 e. The highest BCUT2D eigenvalue weighted by Gasteiger charge is 2.11. The van der Waals surface area contributed by atoms with E-state index in [1.807, 2.05) is 0 Å². The lowest BCUT2D eigenvalue weighted by Gasteiger charge is -2.17. The molecular weight excluding hydrogens is 374 g/mol. The Morgan fingerprint density at radius 3 is 1.19 bits per heavy atom. The predicted molar refractivity (Wildman–Crippen MR) is 137 cm³/mol. The summed E-state index contributed by atoms with van der Waals surface area (Å²) < 4.78 is 0. The van der Waals surface area contributed by atoms with E-state index < -0.39 is 0 Å². The summed E-state index contributed by atoms with van der Waals surface area (Å²) in [6.07, 6.45) is 21.9. The molecule has 0 saturated heterocycles. The standard InChI is InChI=1S/C30H47N/c31-25-19-11-9-7-5-3-1-2-4-6-8-10-14-24-30(26-28-20-15-12-16-21-28)27-29-22-17-13-18-23-29/h12-13,15-18,20-23,30H,1-11,14,19,24-27,31H2. The zero-order valence-electron chi connectivity index (χ0n) is 19.9. The summed E-state index contributed by atoms with van der Waals surface area (Å²) in [5, 5.41) is 0. The summed E-state index contributed by atoms with van der Waals surface area (Å²) in [6.45, 7) is 0.862. The zero-order chi connectivity index (χ0) is 21.8. The van der Waals surface area contributed by atoms with E-state index in [1.54, 1.807) is 0 Å². The molecular formula is C30H47N. The van der Waals surface area contributed by atoms with Crippen molar-refractivity contribution in [2.24, 2.45) is 11.7 Å². The second-order valence-electron chi connectivity index (χ2n) is 9.42. The monoisotopic (exact) mass is 421 g/mol. The summed E-state index contributed by atoms with van der Waals surface area (Å²) >= 11 is 0. The highest BCUT2D eigenvalue weighted by Crippen LogP contribution is 2.21. The molecule has 0 heterocycles. The van der Waals surface area contributed by atoms with Crippen LogP contribution in [0.15, 0.2) is 60.7 Å². The van der Waals surface area contributed by atoms with Gasteiger partial charge in [-0.2, -0.15) is 0 Å². The molecule has 172 valence electrons. The molecule has 0 spiro atoms. The third-order valence-corrected chi connectivity index (χ3v) is 6.55. The molecule has 0 fully saturated rings. The number of nitrogens with two attached hydrogens (primary N) is 1. The highest BCUT2D eigenvalue weighted by atomic mass is 14.5. The lowest BCUT2D eigenvalue weighted by molar-refractivity contribution is 0.444. The van der Waals surface area contributed by atoms with E-state index >= 15 is 0 Å². The SMILES string of the molecule is NCCCCCCCCCCCCCCCC(Cc1ccccc1)Cc1ccccc1. The molecule has 0 atom stereocenters. The Morgan fingerprint density at radius 2 is 0.806 bits per heavy atom. The van der Waals surface area contributed by atoms with Crippen molar-refractivity contribution in [3.8, 4) is 0 Å². The number of hydrogen-bond acceptors (Lipinski definition) is 1. The summed E-state index contributed by atoms with van der Waals surface area (Å²) in [5.41, 5.74) is 8.52. The van der Waals surface area contributed by atoms with E-state index in [-0.39, 0.29) is 0 Å². The van der Waals surface area contributed by atoms with Crippen molar-refractivity contribution in [1.29, 1.82) is 0 Å². The van der Waals surface area contributed by atoms with Crippen molar-refractivity contribution in [3.63, 3.8) is 0 Å². The van der Waals surface area contributed by atoms with Gasteiger partial charge in [0.1, 0.15) is 0 Å². The molecule has 2 aromatic rings. The number of hydrogen-bond donors (Lipinski definition) is 1. The van der Waals surface area contributed by atoms with Crippen LogP contribution in [0, 0.1) is 5.92 Å². The van der Waals surface area contributed by atoms with Crippen LogP contribution in [0.4, 0.5) is 0 Å². The fraction of sp³-hybridized carbons (Fsp3) is 0.600. The van der Waals surface area contributed by atoms with Crippen LogP contribution < -0.4 is 5.73 Å². The van der Waals surface area contributed by atoms with E-state index in [4.69, 9.17) is 5.73 Å². The normalized spacial score (nSPS) is 11.3. The summed E-state index contributed by atoms with van der Waals surface area (Å²) in [7, 11) is 0. The minimum absolute atomic E-state index is 0.759. The molecule has 2 N–H and O–H groups in total. The maximum atomic E-state index is 5.54. The predicted octanol–water partition coefficient (Wildman–Crippen LogP) is 8.51. The number of rotatable bonds is 19. The summed E-state index contributed by atoms with van der Waals surface area (Å²) in [6, 6.07) is 22.1. The lowest BCUT2D eigenvalue weighted by atomic mass is 9.88. The Kier molecular flexibility index (Phi) is 14.9. The molecule has 31 heavy (non-hydrogen) atoms. The Labute approximate surface area is 192 Å². The molecule has 0 aliphatic heterocycles. The average Bonchev–Trinajstić information content (AvgIpc) is 2.80. The Hall–Kier alpha value is -1.60. The van der Waals surface area contributed by atoms with Crippen molar-refractivity contribution >= 4 is 0 Å². The molecule has 2 aromatic carbocycles. The van der Waals surface area contributed by atoms with Crippen LogP contribution in [0.3, 0.4) is 0 Å². The maximum absolute atomic E-state index is 5.54. The van der Waals surface area contributed by atoms with E-state index in [1.165, 1.54) is 114 Å². The van der Waals surface area contributed by atoms with Gasteiger partial charge in [-0.1, -0.05) is 138 Å². The Morgan fingerprint density at radius 1 is 0.452 bits per heavy atom. The largest absolute Gasteiger partial charge is 0.330 e. The van der Waals surface area contributed by atoms with Crippen LogP contribution in [0.2, 0.25) is 0 Å². The van der Waals surface area contributed by atoms with Crippen LogP contribution in [0.25, 0.3) is 0 Å². The van der Waals surface area contributed by atoms with Crippen molar-refractivity contribution in [3.05, 3.63) is 71.8 Å².